The van der Waals surface area contributed by atoms with Gasteiger partial charge in [-0.25, -0.2) is 4.79 Å². The molecule has 0 aromatic carbocycles. The van der Waals surface area contributed by atoms with Crippen molar-refractivity contribution in [2.75, 3.05) is 12.0 Å². The van der Waals surface area contributed by atoms with E-state index in [1.54, 1.807) is 6.92 Å². The summed E-state index contributed by atoms with van der Waals surface area (Å²) in [5, 5.41) is 16.8. The lowest BCUT2D eigenvalue weighted by Crippen LogP contribution is -2.57. The van der Waals surface area contributed by atoms with Crippen molar-refractivity contribution in [1.82, 2.24) is 16.0 Å². The molecule has 4 amide bonds. The van der Waals surface area contributed by atoms with Gasteiger partial charge in [-0.15, -0.1) is 0 Å². The summed E-state index contributed by atoms with van der Waals surface area (Å²) < 4.78 is 0. The van der Waals surface area contributed by atoms with Crippen molar-refractivity contribution in [2.45, 2.75) is 70.6 Å². The highest BCUT2D eigenvalue weighted by Gasteiger charge is 2.30. The molecule has 0 aliphatic heterocycles. The van der Waals surface area contributed by atoms with Crippen LogP contribution in [0.25, 0.3) is 0 Å². The Morgan fingerprint density at radius 3 is 2.06 bits per heavy atom. The van der Waals surface area contributed by atoms with Crippen LogP contribution in [0.3, 0.4) is 0 Å². The molecule has 0 fully saturated rings. The van der Waals surface area contributed by atoms with E-state index < -0.39 is 53.8 Å². The van der Waals surface area contributed by atoms with Gasteiger partial charge in [0.25, 0.3) is 0 Å². The van der Waals surface area contributed by atoms with Crippen LogP contribution in [0.1, 0.15) is 46.5 Å². The molecule has 12 heteroatoms. The van der Waals surface area contributed by atoms with Crippen molar-refractivity contribution in [3.8, 4) is 0 Å². The van der Waals surface area contributed by atoms with Gasteiger partial charge in [0.15, 0.2) is 0 Å². The van der Waals surface area contributed by atoms with Crippen LogP contribution in [0.15, 0.2) is 0 Å². The molecule has 0 saturated heterocycles. The van der Waals surface area contributed by atoms with E-state index >= 15 is 0 Å². The molecule has 0 heterocycles. The number of carboxylic acids is 1. The Labute approximate surface area is 186 Å². The van der Waals surface area contributed by atoms with Gasteiger partial charge in [0.1, 0.15) is 18.1 Å². The number of thioether (sulfide) groups is 1. The molecule has 0 bridgehead atoms. The van der Waals surface area contributed by atoms with Gasteiger partial charge >= 0.3 is 5.97 Å². The third kappa shape index (κ3) is 11.0. The molecule has 0 saturated carbocycles. The highest BCUT2D eigenvalue weighted by atomic mass is 32.2. The van der Waals surface area contributed by atoms with Crippen LogP contribution in [0.5, 0.6) is 0 Å². The zero-order valence-electron chi connectivity index (χ0n) is 18.5. The predicted molar refractivity (Wildman–Crippen MR) is 118 cm³/mol. The summed E-state index contributed by atoms with van der Waals surface area (Å²) in [5.41, 5.74) is 10.8. The lowest BCUT2D eigenvalue weighted by molar-refractivity contribution is -0.143. The van der Waals surface area contributed by atoms with Crippen LogP contribution in [-0.2, 0) is 24.0 Å². The average molecular weight is 462 g/mol. The SMILES string of the molecule is CCC(C)C(NC(=O)C(C)NC(=O)C(CCSC)NC(=O)C(N)CCC(N)=O)C(=O)O. The number of carbonyl (C=O) groups excluding carboxylic acids is 4. The van der Waals surface area contributed by atoms with Crippen LogP contribution in [0, 0.1) is 5.92 Å². The number of carbonyl (C=O) groups is 5. The standard InChI is InChI=1S/C19H35N5O6S/c1-5-10(2)15(19(29)30)24-16(26)11(3)22-18(28)13(8-9-31-4)23-17(27)12(20)6-7-14(21)25/h10-13,15H,5-9,20H2,1-4H3,(H2,21,25)(H,22,28)(H,23,27)(H,24,26)(H,29,30). The van der Waals surface area contributed by atoms with Crippen LogP contribution in [0.4, 0.5) is 0 Å². The Hall–Kier alpha value is -2.34. The second-order valence-corrected chi connectivity index (χ2v) is 8.38. The first-order valence-corrected chi connectivity index (χ1v) is 11.5. The first-order valence-electron chi connectivity index (χ1n) is 10.1. The maximum atomic E-state index is 12.7. The number of hydrogen-bond acceptors (Lipinski definition) is 7. The third-order valence-electron chi connectivity index (χ3n) is 4.81. The van der Waals surface area contributed by atoms with Crippen LogP contribution < -0.4 is 27.4 Å². The van der Waals surface area contributed by atoms with Crippen molar-refractivity contribution in [1.29, 1.82) is 0 Å². The van der Waals surface area contributed by atoms with E-state index in [2.05, 4.69) is 16.0 Å². The Balaban J connectivity index is 5.04. The highest BCUT2D eigenvalue weighted by molar-refractivity contribution is 7.98. The van der Waals surface area contributed by atoms with Crippen molar-refractivity contribution in [3.05, 3.63) is 0 Å². The summed E-state index contributed by atoms with van der Waals surface area (Å²) in [6.45, 7) is 4.94. The number of carboxylic acid groups (broad SMARTS) is 1. The van der Waals surface area contributed by atoms with E-state index in [1.807, 2.05) is 13.2 Å². The monoisotopic (exact) mass is 461 g/mol. The molecule has 0 aromatic rings. The van der Waals surface area contributed by atoms with Crippen LogP contribution in [-0.4, -0.2) is 70.9 Å². The summed E-state index contributed by atoms with van der Waals surface area (Å²) in [7, 11) is 0. The molecule has 5 unspecified atom stereocenters. The summed E-state index contributed by atoms with van der Waals surface area (Å²) in [6, 6.07) is -4.05. The number of nitrogens with two attached hydrogens (primary N) is 2. The van der Waals surface area contributed by atoms with E-state index in [0.29, 0.717) is 18.6 Å². The molecular weight excluding hydrogens is 426 g/mol. The van der Waals surface area contributed by atoms with Crippen LogP contribution in [0.2, 0.25) is 0 Å². The number of hydrogen-bond donors (Lipinski definition) is 6. The number of amides is 4. The average Bonchev–Trinajstić information content (AvgIpc) is 2.71. The minimum atomic E-state index is -1.16. The Morgan fingerprint density at radius 2 is 1.58 bits per heavy atom. The highest BCUT2D eigenvalue weighted by Crippen LogP contribution is 2.08. The summed E-state index contributed by atoms with van der Waals surface area (Å²) >= 11 is 1.47. The van der Waals surface area contributed by atoms with Gasteiger partial charge in [-0.3, -0.25) is 19.2 Å². The van der Waals surface area contributed by atoms with Gasteiger partial charge in [-0.2, -0.15) is 11.8 Å². The summed E-state index contributed by atoms with van der Waals surface area (Å²) in [5.74, 6) is -3.32. The first kappa shape index (κ1) is 28.7. The Kier molecular flexibility index (Phi) is 13.5. The molecular formula is C19H35N5O6S. The molecule has 0 spiro atoms. The molecule has 31 heavy (non-hydrogen) atoms. The molecule has 0 aliphatic rings. The van der Waals surface area contributed by atoms with E-state index in [0.717, 1.165) is 0 Å². The van der Waals surface area contributed by atoms with Gasteiger partial charge in [-0.05, 0) is 37.7 Å². The van der Waals surface area contributed by atoms with Gasteiger partial charge in [0, 0.05) is 6.42 Å². The van der Waals surface area contributed by atoms with E-state index in [-0.39, 0.29) is 18.8 Å². The quantitative estimate of drug-likeness (QED) is 0.177. The molecule has 5 atom stereocenters. The Bertz CT molecular complexity index is 647. The molecule has 0 rings (SSSR count). The van der Waals surface area contributed by atoms with E-state index in [1.165, 1.54) is 18.7 Å². The lowest BCUT2D eigenvalue weighted by Gasteiger charge is -2.25. The van der Waals surface area contributed by atoms with Crippen molar-refractivity contribution < 1.29 is 29.1 Å². The largest absolute Gasteiger partial charge is 0.480 e. The molecule has 0 radical (unpaired) electrons. The minimum Gasteiger partial charge on any atom is -0.480 e. The Morgan fingerprint density at radius 1 is 0.968 bits per heavy atom. The fourth-order valence-electron chi connectivity index (χ4n) is 2.55. The van der Waals surface area contributed by atoms with Crippen molar-refractivity contribution in [3.63, 3.8) is 0 Å². The summed E-state index contributed by atoms with van der Waals surface area (Å²) in [6.07, 6.45) is 2.67. The van der Waals surface area contributed by atoms with E-state index in [9.17, 15) is 29.1 Å². The normalized spacial score (nSPS) is 15.6. The zero-order chi connectivity index (χ0) is 24.1. The molecule has 11 nitrogen and oxygen atoms in total. The van der Waals surface area contributed by atoms with Gasteiger partial charge in [-0.1, -0.05) is 20.3 Å². The second kappa shape index (κ2) is 14.6. The fourth-order valence-corrected chi connectivity index (χ4v) is 3.02. The first-order chi connectivity index (χ1) is 14.4. The summed E-state index contributed by atoms with van der Waals surface area (Å²) in [4.78, 5) is 59.5. The number of primary amides is 1. The van der Waals surface area contributed by atoms with Gasteiger partial charge in [0.2, 0.25) is 23.6 Å². The maximum absolute atomic E-state index is 12.7. The second-order valence-electron chi connectivity index (χ2n) is 7.39. The fraction of sp³-hybridized carbons (Fsp3) is 0.737. The molecule has 8 N–H and O–H groups in total. The van der Waals surface area contributed by atoms with E-state index in [4.69, 9.17) is 11.5 Å². The number of aliphatic carboxylic acids is 1. The topological polar surface area (TPSA) is 194 Å². The maximum Gasteiger partial charge on any atom is 0.326 e. The van der Waals surface area contributed by atoms with Crippen LogP contribution >= 0.6 is 11.8 Å². The van der Waals surface area contributed by atoms with Crippen molar-refractivity contribution >= 4 is 41.4 Å². The van der Waals surface area contributed by atoms with Gasteiger partial charge in [0.05, 0.1) is 6.04 Å². The number of rotatable bonds is 15. The van der Waals surface area contributed by atoms with Crippen molar-refractivity contribution in [2.24, 2.45) is 17.4 Å². The zero-order valence-corrected chi connectivity index (χ0v) is 19.3. The number of nitrogens with one attached hydrogen (secondary N) is 3. The predicted octanol–water partition coefficient (Wildman–Crippen LogP) is -1.06. The lowest BCUT2D eigenvalue weighted by atomic mass is 9.99. The minimum absolute atomic E-state index is 0.0447. The molecule has 0 aromatic heterocycles. The van der Waals surface area contributed by atoms with Gasteiger partial charge < -0.3 is 32.5 Å². The molecule has 178 valence electrons. The molecule has 0 aliphatic carbocycles. The third-order valence-corrected chi connectivity index (χ3v) is 5.45. The smallest absolute Gasteiger partial charge is 0.326 e.